The van der Waals surface area contributed by atoms with Crippen molar-refractivity contribution in [3.63, 3.8) is 0 Å². The monoisotopic (exact) mass is 667 g/mol. The number of nitrogens with two attached hydrogens (primary N) is 2. The Balaban J connectivity index is 1.97. The van der Waals surface area contributed by atoms with Crippen molar-refractivity contribution < 1.29 is 42.3 Å². The Hall–Kier alpha value is -4.79. The van der Waals surface area contributed by atoms with E-state index in [4.69, 9.17) is 21.1 Å². The van der Waals surface area contributed by atoms with Gasteiger partial charge >= 0.3 is 5.97 Å². The molecule has 1 aliphatic heterocycles. The third-order valence-electron chi connectivity index (χ3n) is 7.25. The number of guanidine groups is 1. The van der Waals surface area contributed by atoms with E-state index < -0.39 is 66.6 Å². The molecule has 0 saturated carbocycles. The molecule has 260 valence electrons. The Kier molecular flexibility index (Phi) is 15.0. The number of halogens is 2. The molecule has 47 heavy (non-hydrogen) atoms. The first-order valence-electron chi connectivity index (χ1n) is 15.1. The number of likely N-dealkylation sites (tertiary alicyclic amines) is 1. The highest BCUT2D eigenvalue weighted by atomic mass is 19.3. The molecule has 0 aliphatic carbocycles. The highest BCUT2D eigenvalue weighted by Gasteiger charge is 2.47. The highest BCUT2D eigenvalue weighted by Crippen LogP contribution is 2.32. The van der Waals surface area contributed by atoms with Gasteiger partial charge in [0.25, 0.3) is 11.8 Å². The zero-order valence-electron chi connectivity index (χ0n) is 26.5. The molecule has 1 aliphatic rings. The lowest BCUT2D eigenvalue weighted by molar-refractivity contribution is -0.142. The van der Waals surface area contributed by atoms with E-state index in [2.05, 4.69) is 20.9 Å². The van der Waals surface area contributed by atoms with Gasteiger partial charge in [-0.25, -0.2) is 13.6 Å². The molecule has 0 unspecified atom stereocenters. The highest BCUT2D eigenvalue weighted by molar-refractivity contribution is 5.98. The minimum absolute atomic E-state index is 0.0207. The quantitative estimate of drug-likeness (QED) is 0.0684. The predicted octanol–water partition coefficient (Wildman–Crippen LogP) is -0.111. The molecule has 3 atom stereocenters. The Bertz CT molecular complexity index is 1330. The van der Waals surface area contributed by atoms with Gasteiger partial charge in [0.15, 0.2) is 5.96 Å². The lowest BCUT2D eigenvalue weighted by Gasteiger charge is -2.21. The van der Waals surface area contributed by atoms with Gasteiger partial charge < -0.3 is 46.7 Å². The predicted molar refractivity (Wildman–Crippen MR) is 164 cm³/mol. The lowest BCUT2D eigenvalue weighted by Crippen LogP contribution is -2.51. The number of amides is 4. The number of aliphatic carboxylic acids is 1. The molecule has 8 N–H and O–H groups in total. The molecule has 1 aromatic heterocycles. The number of rotatable bonds is 18. The Labute approximate surface area is 270 Å². The molecule has 0 spiro atoms. The van der Waals surface area contributed by atoms with E-state index in [1.165, 1.54) is 6.07 Å². The van der Waals surface area contributed by atoms with Crippen molar-refractivity contribution in [2.75, 3.05) is 33.7 Å². The molecule has 2 rings (SSSR count). The normalized spacial score (nSPS) is 16.9. The van der Waals surface area contributed by atoms with E-state index in [-0.39, 0.29) is 56.1 Å². The van der Waals surface area contributed by atoms with Crippen LogP contribution in [-0.4, -0.2) is 108 Å². The average molecular weight is 668 g/mol. The van der Waals surface area contributed by atoms with Crippen LogP contribution in [-0.2, 0) is 25.7 Å². The second kappa shape index (κ2) is 18.4. The van der Waals surface area contributed by atoms with Gasteiger partial charge in [0.2, 0.25) is 17.7 Å². The van der Waals surface area contributed by atoms with Crippen molar-refractivity contribution in [2.24, 2.45) is 16.5 Å². The first-order valence-corrected chi connectivity index (χ1v) is 15.1. The third kappa shape index (κ3) is 12.9. The van der Waals surface area contributed by atoms with Crippen LogP contribution in [0.2, 0.25) is 0 Å². The van der Waals surface area contributed by atoms with Crippen molar-refractivity contribution >= 4 is 35.6 Å². The van der Waals surface area contributed by atoms with Gasteiger partial charge in [0, 0.05) is 39.9 Å². The van der Waals surface area contributed by atoms with Crippen LogP contribution in [0.15, 0.2) is 21.7 Å². The number of carboxylic acids is 1. The number of hydrogen-bond acceptors (Lipinski definition) is 9. The van der Waals surface area contributed by atoms with E-state index in [1.54, 1.807) is 25.1 Å². The molecule has 0 radical (unpaired) electrons. The van der Waals surface area contributed by atoms with Gasteiger partial charge in [-0.15, -0.1) is 0 Å². The first-order chi connectivity index (χ1) is 22.2. The summed E-state index contributed by atoms with van der Waals surface area (Å²) in [5, 5.41) is 26.2. The van der Waals surface area contributed by atoms with Gasteiger partial charge in [-0.3, -0.25) is 24.2 Å². The summed E-state index contributed by atoms with van der Waals surface area (Å²) < 4.78 is 32.5. The van der Waals surface area contributed by atoms with E-state index in [0.717, 1.165) is 11.2 Å². The van der Waals surface area contributed by atoms with E-state index in [9.17, 15) is 37.9 Å². The number of carbonyl (C=O) groups excluding carboxylic acids is 4. The summed E-state index contributed by atoms with van der Waals surface area (Å²) in [6.07, 6.45) is 1.32. The average Bonchev–Trinajstić information content (AvgIpc) is 3.63. The van der Waals surface area contributed by atoms with Crippen LogP contribution in [0, 0.1) is 11.3 Å². The number of carboxylic acid groups (broad SMARTS) is 1. The standard InChI is InChI=1S/C29H43F2N9O7/c1-39(2)28(34)35-11-5-7-21(26(44)38-22(27(45)46)6-3-4-10-32)37-25(43)18-12-20(47-16-18)15-36-23(41)8-9-24(42)40-17-29(30,31)13-19(40)14-33/h12,16,19,21-22H,3-11,13,15,17,32H2,1-2H3,(H2,34,35)(H,36,41)(H,37,43)(H,38,44)(H,45,46)/t19-,21-,22-/m0/s1. The van der Waals surface area contributed by atoms with Crippen molar-refractivity contribution in [2.45, 2.75) is 82.0 Å². The molecular weight excluding hydrogens is 624 g/mol. The third-order valence-corrected chi connectivity index (χ3v) is 7.25. The fraction of sp³-hybridized carbons (Fsp3) is 0.621. The maximum absolute atomic E-state index is 13.6. The number of nitriles is 1. The van der Waals surface area contributed by atoms with Crippen LogP contribution < -0.4 is 27.4 Å². The SMILES string of the molecule is CN(C)C(N)=NCCC[C@H](NC(=O)c1coc(CNC(=O)CCC(=O)N2CC(F)(F)C[C@H]2C#N)c1)C(=O)N[C@@H](CCCCN)C(=O)O. The van der Waals surface area contributed by atoms with Gasteiger partial charge in [0.1, 0.15) is 30.1 Å². The lowest BCUT2D eigenvalue weighted by atomic mass is 10.1. The van der Waals surface area contributed by atoms with Crippen molar-refractivity contribution in [1.29, 1.82) is 5.26 Å². The Morgan fingerprint density at radius 2 is 1.87 bits per heavy atom. The van der Waals surface area contributed by atoms with Crippen molar-refractivity contribution in [3.8, 4) is 6.07 Å². The summed E-state index contributed by atoms with van der Waals surface area (Å²) in [4.78, 5) is 69.0. The van der Waals surface area contributed by atoms with Crippen molar-refractivity contribution in [1.82, 2.24) is 25.8 Å². The summed E-state index contributed by atoms with van der Waals surface area (Å²) >= 11 is 0. The molecule has 2 heterocycles. The number of furan rings is 1. The van der Waals surface area contributed by atoms with Crippen LogP contribution in [0.3, 0.4) is 0 Å². The number of nitrogens with zero attached hydrogens (tertiary/aromatic N) is 4. The topological polar surface area (TPSA) is 249 Å². The fourth-order valence-electron chi connectivity index (χ4n) is 4.59. The molecular formula is C29H43F2N9O7. The van der Waals surface area contributed by atoms with Gasteiger partial charge in [-0.1, -0.05) is 0 Å². The summed E-state index contributed by atoms with van der Waals surface area (Å²) in [6, 6.07) is -0.558. The van der Waals surface area contributed by atoms with E-state index in [0.29, 0.717) is 25.8 Å². The molecule has 1 saturated heterocycles. The smallest absolute Gasteiger partial charge is 0.326 e. The fourth-order valence-corrected chi connectivity index (χ4v) is 4.59. The van der Waals surface area contributed by atoms with Crippen molar-refractivity contribution in [3.05, 3.63) is 23.7 Å². The van der Waals surface area contributed by atoms with Gasteiger partial charge in [-0.2, -0.15) is 5.26 Å². The van der Waals surface area contributed by atoms with Crippen LogP contribution in [0.25, 0.3) is 0 Å². The van der Waals surface area contributed by atoms with Crippen LogP contribution in [0.4, 0.5) is 8.78 Å². The number of carbonyl (C=O) groups is 5. The second-order valence-corrected chi connectivity index (χ2v) is 11.3. The minimum Gasteiger partial charge on any atom is -0.480 e. The molecule has 1 aromatic rings. The van der Waals surface area contributed by atoms with Gasteiger partial charge in [-0.05, 0) is 44.7 Å². The van der Waals surface area contributed by atoms with Crippen LogP contribution in [0.5, 0.6) is 0 Å². The van der Waals surface area contributed by atoms with E-state index in [1.807, 2.05) is 0 Å². The molecule has 0 bridgehead atoms. The number of aliphatic imine (C=N–C) groups is 1. The van der Waals surface area contributed by atoms with Gasteiger partial charge in [0.05, 0.1) is 24.7 Å². The second-order valence-electron chi connectivity index (χ2n) is 11.3. The van der Waals surface area contributed by atoms with Crippen LogP contribution >= 0.6 is 0 Å². The zero-order chi connectivity index (χ0) is 35.1. The summed E-state index contributed by atoms with van der Waals surface area (Å²) in [6.45, 7) is -0.425. The van der Waals surface area contributed by atoms with Crippen LogP contribution in [0.1, 0.15) is 67.5 Å². The summed E-state index contributed by atoms with van der Waals surface area (Å²) in [7, 11) is 3.43. The summed E-state index contributed by atoms with van der Waals surface area (Å²) in [5.74, 6) is -6.67. The molecule has 1 fully saturated rings. The maximum atomic E-state index is 13.6. The maximum Gasteiger partial charge on any atom is 0.326 e. The zero-order valence-corrected chi connectivity index (χ0v) is 26.5. The number of nitrogens with one attached hydrogen (secondary N) is 3. The molecule has 18 heteroatoms. The summed E-state index contributed by atoms with van der Waals surface area (Å²) in [5.41, 5.74) is 11.3. The molecule has 4 amide bonds. The van der Waals surface area contributed by atoms with E-state index >= 15 is 0 Å². The largest absolute Gasteiger partial charge is 0.480 e. The Morgan fingerprint density at radius 3 is 2.51 bits per heavy atom. The number of hydrogen-bond donors (Lipinski definition) is 6. The molecule has 0 aromatic carbocycles. The Morgan fingerprint density at radius 1 is 1.17 bits per heavy atom. The minimum atomic E-state index is -3.16. The number of alkyl halides is 2. The molecule has 16 nitrogen and oxygen atoms in total. The first kappa shape index (κ1) is 38.4. The number of unbranched alkanes of at least 4 members (excludes halogenated alkanes) is 1.